The SMILES string of the molecule is Cc1ccc(Nc2cc(C(C)C)nc(Cl)n2)cc1. The number of hydrogen-bond donors (Lipinski definition) is 1. The molecule has 0 saturated carbocycles. The van der Waals surface area contributed by atoms with Crippen molar-refractivity contribution in [1.29, 1.82) is 0 Å². The molecule has 0 fully saturated rings. The first-order chi connectivity index (χ1) is 8.54. The number of rotatable bonds is 3. The number of nitrogens with zero attached hydrogens (tertiary/aromatic N) is 2. The molecule has 18 heavy (non-hydrogen) atoms. The molecule has 2 aromatic rings. The summed E-state index contributed by atoms with van der Waals surface area (Å²) in [6.45, 7) is 6.21. The minimum atomic E-state index is 0.274. The van der Waals surface area contributed by atoms with Crippen LogP contribution in [0.4, 0.5) is 11.5 Å². The van der Waals surface area contributed by atoms with E-state index in [1.54, 1.807) is 0 Å². The van der Waals surface area contributed by atoms with Crippen LogP contribution in [0, 0.1) is 6.92 Å². The number of nitrogens with one attached hydrogen (secondary N) is 1. The molecule has 0 bridgehead atoms. The smallest absolute Gasteiger partial charge is 0.224 e. The van der Waals surface area contributed by atoms with Crippen LogP contribution >= 0.6 is 11.6 Å². The van der Waals surface area contributed by atoms with Gasteiger partial charge in [0.25, 0.3) is 0 Å². The molecule has 0 radical (unpaired) electrons. The summed E-state index contributed by atoms with van der Waals surface area (Å²) in [6.07, 6.45) is 0. The second kappa shape index (κ2) is 5.36. The fraction of sp³-hybridized carbons (Fsp3) is 0.286. The van der Waals surface area contributed by atoms with Crippen molar-refractivity contribution < 1.29 is 0 Å². The summed E-state index contributed by atoms with van der Waals surface area (Å²) in [5, 5.41) is 3.51. The monoisotopic (exact) mass is 261 g/mol. The fourth-order valence-electron chi connectivity index (χ4n) is 1.58. The van der Waals surface area contributed by atoms with Gasteiger partial charge in [-0.3, -0.25) is 0 Å². The molecule has 0 aliphatic carbocycles. The van der Waals surface area contributed by atoms with Crippen LogP contribution in [-0.2, 0) is 0 Å². The lowest BCUT2D eigenvalue weighted by molar-refractivity contribution is 0.815. The van der Waals surface area contributed by atoms with Crippen LogP contribution in [0.2, 0.25) is 5.28 Å². The Bertz CT molecular complexity index is 535. The molecule has 1 heterocycles. The summed E-state index contributed by atoms with van der Waals surface area (Å²) in [5.74, 6) is 1.05. The van der Waals surface area contributed by atoms with Gasteiger partial charge in [0, 0.05) is 11.8 Å². The molecular formula is C14H16ClN3. The highest BCUT2D eigenvalue weighted by molar-refractivity contribution is 6.28. The van der Waals surface area contributed by atoms with E-state index in [2.05, 4.69) is 48.2 Å². The van der Waals surface area contributed by atoms with Gasteiger partial charge in [0.2, 0.25) is 5.28 Å². The highest BCUT2D eigenvalue weighted by Gasteiger charge is 2.06. The van der Waals surface area contributed by atoms with Crippen molar-refractivity contribution in [3.63, 3.8) is 0 Å². The molecule has 0 aliphatic rings. The van der Waals surface area contributed by atoms with E-state index in [0.717, 1.165) is 17.2 Å². The summed E-state index contributed by atoms with van der Waals surface area (Å²) >= 11 is 5.92. The quantitative estimate of drug-likeness (QED) is 0.837. The van der Waals surface area contributed by atoms with Gasteiger partial charge in [-0.05, 0) is 36.6 Å². The molecule has 94 valence electrons. The molecular weight excluding hydrogens is 246 g/mol. The summed E-state index contributed by atoms with van der Waals surface area (Å²) in [7, 11) is 0. The molecule has 1 N–H and O–H groups in total. The van der Waals surface area contributed by atoms with Crippen molar-refractivity contribution in [3.05, 3.63) is 46.9 Å². The predicted octanol–water partition coefficient (Wildman–Crippen LogP) is 4.31. The van der Waals surface area contributed by atoms with Crippen molar-refractivity contribution >= 4 is 23.1 Å². The van der Waals surface area contributed by atoms with Gasteiger partial charge < -0.3 is 5.32 Å². The van der Waals surface area contributed by atoms with Gasteiger partial charge in [-0.1, -0.05) is 31.5 Å². The molecule has 0 amide bonds. The molecule has 0 saturated heterocycles. The van der Waals surface area contributed by atoms with Crippen molar-refractivity contribution in [1.82, 2.24) is 9.97 Å². The Morgan fingerprint density at radius 3 is 2.39 bits per heavy atom. The third kappa shape index (κ3) is 3.20. The Kier molecular flexibility index (Phi) is 3.82. The minimum absolute atomic E-state index is 0.274. The zero-order valence-corrected chi connectivity index (χ0v) is 11.5. The van der Waals surface area contributed by atoms with Gasteiger partial charge in [-0.15, -0.1) is 0 Å². The Morgan fingerprint density at radius 2 is 1.78 bits per heavy atom. The van der Waals surface area contributed by atoms with E-state index in [4.69, 9.17) is 11.6 Å². The van der Waals surface area contributed by atoms with Crippen LogP contribution < -0.4 is 5.32 Å². The van der Waals surface area contributed by atoms with E-state index in [9.17, 15) is 0 Å². The first kappa shape index (κ1) is 12.8. The van der Waals surface area contributed by atoms with Crippen LogP contribution in [0.5, 0.6) is 0 Å². The maximum absolute atomic E-state index is 5.92. The number of aromatic nitrogens is 2. The third-order valence-electron chi connectivity index (χ3n) is 2.63. The molecule has 1 aromatic heterocycles. The highest BCUT2D eigenvalue weighted by atomic mass is 35.5. The van der Waals surface area contributed by atoms with E-state index in [1.807, 2.05) is 18.2 Å². The molecule has 3 nitrogen and oxygen atoms in total. The van der Waals surface area contributed by atoms with Crippen molar-refractivity contribution in [2.75, 3.05) is 5.32 Å². The number of anilines is 2. The summed E-state index contributed by atoms with van der Waals surface area (Å²) in [4.78, 5) is 8.38. The van der Waals surface area contributed by atoms with E-state index in [1.165, 1.54) is 5.56 Å². The maximum Gasteiger partial charge on any atom is 0.224 e. The van der Waals surface area contributed by atoms with E-state index in [-0.39, 0.29) is 5.28 Å². The summed E-state index contributed by atoms with van der Waals surface area (Å²) < 4.78 is 0. The first-order valence-corrected chi connectivity index (χ1v) is 6.30. The predicted molar refractivity (Wildman–Crippen MR) is 75.6 cm³/mol. The third-order valence-corrected chi connectivity index (χ3v) is 2.80. The topological polar surface area (TPSA) is 37.8 Å². The lowest BCUT2D eigenvalue weighted by Crippen LogP contribution is -2.00. The van der Waals surface area contributed by atoms with Gasteiger partial charge >= 0.3 is 0 Å². The molecule has 0 unspecified atom stereocenters. The Morgan fingerprint density at radius 1 is 1.11 bits per heavy atom. The zero-order valence-electron chi connectivity index (χ0n) is 10.7. The molecule has 2 rings (SSSR count). The van der Waals surface area contributed by atoms with Gasteiger partial charge in [-0.2, -0.15) is 0 Å². The lowest BCUT2D eigenvalue weighted by Gasteiger charge is -2.09. The van der Waals surface area contributed by atoms with E-state index >= 15 is 0 Å². The number of hydrogen-bond acceptors (Lipinski definition) is 3. The standard InChI is InChI=1S/C14H16ClN3/c1-9(2)12-8-13(18-14(15)17-12)16-11-6-4-10(3)5-7-11/h4-9H,1-3H3,(H,16,17,18). The van der Waals surface area contributed by atoms with Crippen molar-refractivity contribution in [2.24, 2.45) is 0 Å². The van der Waals surface area contributed by atoms with Gasteiger partial charge in [0.05, 0.1) is 5.69 Å². The Balaban J connectivity index is 2.26. The van der Waals surface area contributed by atoms with Gasteiger partial charge in [0.1, 0.15) is 5.82 Å². The Labute approximate surface area is 112 Å². The number of halogens is 1. The van der Waals surface area contributed by atoms with Crippen LogP contribution in [0.3, 0.4) is 0 Å². The lowest BCUT2D eigenvalue weighted by atomic mass is 10.1. The zero-order chi connectivity index (χ0) is 13.1. The van der Waals surface area contributed by atoms with Gasteiger partial charge in [0.15, 0.2) is 0 Å². The van der Waals surface area contributed by atoms with Crippen molar-refractivity contribution in [3.8, 4) is 0 Å². The maximum atomic E-state index is 5.92. The van der Waals surface area contributed by atoms with Crippen LogP contribution in [0.1, 0.15) is 31.0 Å². The molecule has 0 spiro atoms. The number of benzene rings is 1. The summed E-state index contributed by atoms with van der Waals surface area (Å²) in [6, 6.07) is 10.1. The average Bonchev–Trinajstić information content (AvgIpc) is 2.31. The summed E-state index contributed by atoms with van der Waals surface area (Å²) in [5.41, 5.74) is 3.15. The minimum Gasteiger partial charge on any atom is -0.340 e. The largest absolute Gasteiger partial charge is 0.340 e. The second-order valence-corrected chi connectivity index (χ2v) is 4.93. The van der Waals surface area contributed by atoms with Crippen LogP contribution in [0.15, 0.2) is 30.3 Å². The van der Waals surface area contributed by atoms with Crippen molar-refractivity contribution in [2.45, 2.75) is 26.7 Å². The van der Waals surface area contributed by atoms with Crippen LogP contribution in [0.25, 0.3) is 0 Å². The molecule has 4 heteroatoms. The first-order valence-electron chi connectivity index (χ1n) is 5.93. The van der Waals surface area contributed by atoms with Gasteiger partial charge in [-0.25, -0.2) is 9.97 Å². The highest BCUT2D eigenvalue weighted by Crippen LogP contribution is 2.21. The molecule has 1 aromatic carbocycles. The second-order valence-electron chi connectivity index (χ2n) is 4.59. The Hall–Kier alpha value is -1.61. The normalized spacial score (nSPS) is 10.7. The molecule has 0 atom stereocenters. The van der Waals surface area contributed by atoms with E-state index < -0.39 is 0 Å². The van der Waals surface area contributed by atoms with Crippen LogP contribution in [-0.4, -0.2) is 9.97 Å². The molecule has 0 aliphatic heterocycles. The average molecular weight is 262 g/mol. The number of aryl methyl sites for hydroxylation is 1. The van der Waals surface area contributed by atoms with E-state index in [0.29, 0.717) is 5.92 Å². The fourth-order valence-corrected chi connectivity index (χ4v) is 1.77.